The van der Waals surface area contributed by atoms with E-state index in [-0.39, 0.29) is 5.91 Å². The van der Waals surface area contributed by atoms with Crippen LogP contribution in [0.25, 0.3) is 22.4 Å². The summed E-state index contributed by atoms with van der Waals surface area (Å²) in [7, 11) is 0. The van der Waals surface area contributed by atoms with Crippen molar-refractivity contribution >= 4 is 16.8 Å². The number of hydrogen-bond acceptors (Lipinski definition) is 4. The molecule has 1 aliphatic rings. The van der Waals surface area contributed by atoms with E-state index in [2.05, 4.69) is 10.3 Å². The molecule has 0 radical (unpaired) electrons. The van der Waals surface area contributed by atoms with Gasteiger partial charge in [0.2, 0.25) is 0 Å². The Balaban J connectivity index is 1.63. The summed E-state index contributed by atoms with van der Waals surface area (Å²) in [5.74, 6) is 0.952. The zero-order valence-corrected chi connectivity index (χ0v) is 13.9. The molecule has 0 bridgehead atoms. The molecule has 1 N–H and O–H groups in total. The minimum absolute atomic E-state index is 0.0861. The highest BCUT2D eigenvalue weighted by Crippen LogP contribution is 2.25. The molecule has 4 rings (SSSR count). The van der Waals surface area contributed by atoms with E-state index in [0.29, 0.717) is 29.5 Å². The summed E-state index contributed by atoms with van der Waals surface area (Å²) in [4.78, 5) is 17.4. The normalized spacial score (nSPS) is 17.5. The fourth-order valence-corrected chi connectivity index (χ4v) is 3.21. The fraction of sp³-hybridized carbons (Fsp3) is 0.300. The van der Waals surface area contributed by atoms with Crippen LogP contribution in [0.1, 0.15) is 23.2 Å². The Hall–Kier alpha value is -2.66. The van der Waals surface area contributed by atoms with Crippen molar-refractivity contribution in [2.75, 3.05) is 19.8 Å². The van der Waals surface area contributed by atoms with Crippen LogP contribution in [0.4, 0.5) is 0 Å². The molecule has 3 heterocycles. The van der Waals surface area contributed by atoms with Gasteiger partial charge >= 0.3 is 0 Å². The van der Waals surface area contributed by atoms with Crippen LogP contribution < -0.4 is 5.32 Å². The maximum atomic E-state index is 12.8. The lowest BCUT2D eigenvalue weighted by Crippen LogP contribution is -2.33. The van der Waals surface area contributed by atoms with E-state index in [4.69, 9.17) is 9.15 Å². The first-order valence-corrected chi connectivity index (χ1v) is 8.61. The van der Waals surface area contributed by atoms with E-state index in [1.165, 1.54) is 0 Å². The molecule has 0 aliphatic carbocycles. The third-order valence-corrected chi connectivity index (χ3v) is 4.54. The molecule has 1 amide bonds. The topological polar surface area (TPSA) is 64.4 Å². The second-order valence-electron chi connectivity index (χ2n) is 6.34. The van der Waals surface area contributed by atoms with Crippen LogP contribution >= 0.6 is 0 Å². The summed E-state index contributed by atoms with van der Waals surface area (Å²) in [5.41, 5.74) is 2.06. The zero-order chi connectivity index (χ0) is 17.1. The van der Waals surface area contributed by atoms with Gasteiger partial charge in [-0.1, -0.05) is 18.2 Å². The lowest BCUT2D eigenvalue weighted by atomic mass is 10.0. The summed E-state index contributed by atoms with van der Waals surface area (Å²) >= 11 is 0. The van der Waals surface area contributed by atoms with Crippen LogP contribution in [0.3, 0.4) is 0 Å². The number of rotatable bonds is 4. The molecular weight excluding hydrogens is 316 g/mol. The number of ether oxygens (including phenoxy) is 1. The average molecular weight is 336 g/mol. The SMILES string of the molecule is O=C(NC[C@@H]1CCCOC1)c1cc(-c2ccco2)nc2ccccc12. The van der Waals surface area contributed by atoms with Gasteiger partial charge in [0.25, 0.3) is 5.91 Å². The van der Waals surface area contributed by atoms with E-state index in [1.54, 1.807) is 12.3 Å². The number of amides is 1. The monoisotopic (exact) mass is 336 g/mol. The molecule has 1 fully saturated rings. The predicted octanol–water partition coefficient (Wildman–Crippen LogP) is 3.65. The number of carbonyl (C=O) groups excluding carboxylic acids is 1. The van der Waals surface area contributed by atoms with E-state index >= 15 is 0 Å². The molecule has 1 atom stereocenters. The number of furan rings is 1. The van der Waals surface area contributed by atoms with Gasteiger partial charge in [0, 0.05) is 18.5 Å². The molecule has 25 heavy (non-hydrogen) atoms. The van der Waals surface area contributed by atoms with Crippen molar-refractivity contribution in [3.63, 3.8) is 0 Å². The summed E-state index contributed by atoms with van der Waals surface area (Å²) < 4.78 is 10.9. The highest BCUT2D eigenvalue weighted by atomic mass is 16.5. The maximum Gasteiger partial charge on any atom is 0.252 e. The summed E-state index contributed by atoms with van der Waals surface area (Å²) in [6.45, 7) is 2.17. The Labute approximate surface area is 146 Å². The fourth-order valence-electron chi connectivity index (χ4n) is 3.21. The van der Waals surface area contributed by atoms with Gasteiger partial charge < -0.3 is 14.5 Å². The van der Waals surface area contributed by atoms with Crippen LogP contribution in [0, 0.1) is 5.92 Å². The number of para-hydroxylation sites is 1. The number of pyridine rings is 1. The Morgan fingerprint density at radius 3 is 2.96 bits per heavy atom. The van der Waals surface area contributed by atoms with Crippen molar-refractivity contribution in [3.05, 3.63) is 54.3 Å². The van der Waals surface area contributed by atoms with Crippen molar-refractivity contribution in [2.24, 2.45) is 5.92 Å². The third kappa shape index (κ3) is 3.42. The molecule has 0 saturated carbocycles. The molecule has 2 aromatic heterocycles. The smallest absolute Gasteiger partial charge is 0.252 e. The quantitative estimate of drug-likeness (QED) is 0.790. The lowest BCUT2D eigenvalue weighted by Gasteiger charge is -2.22. The molecule has 1 aliphatic heterocycles. The largest absolute Gasteiger partial charge is 0.463 e. The number of aromatic nitrogens is 1. The second-order valence-corrected chi connectivity index (χ2v) is 6.34. The molecule has 1 aromatic carbocycles. The van der Waals surface area contributed by atoms with E-state index in [0.717, 1.165) is 37.0 Å². The Morgan fingerprint density at radius 1 is 1.24 bits per heavy atom. The molecule has 5 heteroatoms. The third-order valence-electron chi connectivity index (χ3n) is 4.54. The van der Waals surface area contributed by atoms with Gasteiger partial charge in [-0.2, -0.15) is 0 Å². The Kier molecular flexibility index (Phi) is 4.48. The van der Waals surface area contributed by atoms with E-state index in [9.17, 15) is 4.79 Å². The van der Waals surface area contributed by atoms with E-state index in [1.807, 2.05) is 36.4 Å². The number of nitrogens with one attached hydrogen (secondary N) is 1. The molecule has 0 spiro atoms. The van der Waals surface area contributed by atoms with Gasteiger partial charge in [-0.25, -0.2) is 4.98 Å². The van der Waals surface area contributed by atoms with Crippen molar-refractivity contribution in [3.8, 4) is 11.5 Å². The highest BCUT2D eigenvalue weighted by Gasteiger charge is 2.18. The van der Waals surface area contributed by atoms with Crippen LogP contribution in [0.2, 0.25) is 0 Å². The van der Waals surface area contributed by atoms with Crippen molar-refractivity contribution in [1.82, 2.24) is 10.3 Å². The average Bonchev–Trinajstić information content (AvgIpc) is 3.21. The van der Waals surface area contributed by atoms with Crippen LogP contribution in [0.5, 0.6) is 0 Å². The van der Waals surface area contributed by atoms with E-state index < -0.39 is 0 Å². The molecule has 1 saturated heterocycles. The number of benzene rings is 1. The molecule has 0 unspecified atom stereocenters. The van der Waals surface area contributed by atoms with Gasteiger partial charge in [0.1, 0.15) is 5.69 Å². The van der Waals surface area contributed by atoms with Crippen LogP contribution in [-0.4, -0.2) is 30.6 Å². The number of carbonyl (C=O) groups is 1. The van der Waals surface area contributed by atoms with Gasteiger partial charge in [-0.05, 0) is 43.0 Å². The molecule has 3 aromatic rings. The second kappa shape index (κ2) is 7.07. The Morgan fingerprint density at radius 2 is 2.16 bits per heavy atom. The summed E-state index contributed by atoms with van der Waals surface area (Å²) in [5, 5.41) is 3.90. The molecule has 5 nitrogen and oxygen atoms in total. The van der Waals surface area contributed by atoms with Crippen LogP contribution in [-0.2, 0) is 4.74 Å². The highest BCUT2D eigenvalue weighted by molar-refractivity contribution is 6.07. The van der Waals surface area contributed by atoms with Gasteiger partial charge in [-0.15, -0.1) is 0 Å². The molecular formula is C20H20N2O3. The predicted molar refractivity (Wildman–Crippen MR) is 95.3 cm³/mol. The first-order chi connectivity index (χ1) is 12.3. The number of nitrogens with zero attached hydrogens (tertiary/aromatic N) is 1. The Bertz CT molecular complexity index is 868. The first-order valence-electron chi connectivity index (χ1n) is 8.61. The maximum absolute atomic E-state index is 12.8. The number of fused-ring (bicyclic) bond motifs is 1. The van der Waals surface area contributed by atoms with Crippen LogP contribution in [0.15, 0.2) is 53.1 Å². The van der Waals surface area contributed by atoms with Crippen molar-refractivity contribution < 1.29 is 13.9 Å². The van der Waals surface area contributed by atoms with Gasteiger partial charge in [0.15, 0.2) is 5.76 Å². The standard InChI is InChI=1S/C20H20N2O3/c23-20(21-12-14-5-3-9-24-13-14)16-11-18(19-8-4-10-25-19)22-17-7-2-1-6-15(16)17/h1-2,4,6-8,10-11,14H,3,5,9,12-13H2,(H,21,23)/t14-/m0/s1. The van der Waals surface area contributed by atoms with Crippen molar-refractivity contribution in [1.29, 1.82) is 0 Å². The van der Waals surface area contributed by atoms with Gasteiger partial charge in [0.05, 0.1) is 24.0 Å². The summed E-state index contributed by atoms with van der Waals surface area (Å²) in [6.07, 6.45) is 3.76. The minimum Gasteiger partial charge on any atom is -0.463 e. The zero-order valence-electron chi connectivity index (χ0n) is 13.9. The molecule has 128 valence electrons. The first kappa shape index (κ1) is 15.8. The van der Waals surface area contributed by atoms with Crippen molar-refractivity contribution in [2.45, 2.75) is 12.8 Å². The lowest BCUT2D eigenvalue weighted by molar-refractivity contribution is 0.0536. The minimum atomic E-state index is -0.0861. The summed E-state index contributed by atoms with van der Waals surface area (Å²) in [6, 6.07) is 13.1. The number of hydrogen-bond donors (Lipinski definition) is 1. The van der Waals surface area contributed by atoms with Gasteiger partial charge in [-0.3, -0.25) is 4.79 Å².